The molecule has 0 aliphatic rings. The van der Waals surface area contributed by atoms with Crippen LogP contribution in [-0.2, 0) is 17.7 Å². The summed E-state index contributed by atoms with van der Waals surface area (Å²) in [5.41, 5.74) is 1.15. The SMILES string of the molecule is COCCc1nc(C)c(CNC(C)C)s1. The molecule has 0 fully saturated rings. The van der Waals surface area contributed by atoms with Crippen molar-refractivity contribution in [2.24, 2.45) is 0 Å². The smallest absolute Gasteiger partial charge is 0.0954 e. The standard InChI is InChI=1S/C11H20N2OS/c1-8(2)12-7-10-9(3)13-11(15-10)5-6-14-4/h8,12H,5-7H2,1-4H3. The van der Waals surface area contributed by atoms with Gasteiger partial charge in [0.2, 0.25) is 0 Å². The predicted octanol–water partition coefficient (Wildman–Crippen LogP) is 2.14. The number of aromatic nitrogens is 1. The van der Waals surface area contributed by atoms with Gasteiger partial charge in [0.15, 0.2) is 0 Å². The Bertz CT molecular complexity index is 297. The first-order valence-electron chi connectivity index (χ1n) is 5.31. The number of nitrogens with one attached hydrogen (secondary N) is 1. The summed E-state index contributed by atoms with van der Waals surface area (Å²) >= 11 is 1.79. The minimum absolute atomic E-state index is 0.522. The second-order valence-electron chi connectivity index (χ2n) is 3.89. The van der Waals surface area contributed by atoms with Crippen LogP contribution in [0, 0.1) is 6.92 Å². The number of aryl methyl sites for hydroxylation is 1. The molecule has 1 aromatic heterocycles. The third kappa shape index (κ3) is 4.28. The molecule has 0 amide bonds. The number of hydrogen-bond donors (Lipinski definition) is 1. The van der Waals surface area contributed by atoms with Gasteiger partial charge in [0.25, 0.3) is 0 Å². The molecule has 0 spiro atoms. The first-order chi connectivity index (χ1) is 7.13. The van der Waals surface area contributed by atoms with Gasteiger partial charge in [-0.2, -0.15) is 0 Å². The van der Waals surface area contributed by atoms with Gasteiger partial charge in [0.05, 0.1) is 17.3 Å². The second kappa shape index (κ2) is 6.20. The number of methoxy groups -OCH3 is 1. The van der Waals surface area contributed by atoms with Crippen molar-refractivity contribution < 1.29 is 4.74 Å². The van der Waals surface area contributed by atoms with Crippen LogP contribution in [-0.4, -0.2) is 24.7 Å². The molecule has 1 rings (SSSR count). The van der Waals surface area contributed by atoms with Gasteiger partial charge in [0.1, 0.15) is 0 Å². The highest BCUT2D eigenvalue weighted by atomic mass is 32.1. The summed E-state index contributed by atoms with van der Waals surface area (Å²) in [6.07, 6.45) is 0.920. The van der Waals surface area contributed by atoms with E-state index in [2.05, 4.69) is 31.1 Å². The van der Waals surface area contributed by atoms with Gasteiger partial charge in [-0.25, -0.2) is 4.98 Å². The van der Waals surface area contributed by atoms with E-state index in [1.54, 1.807) is 18.4 Å². The van der Waals surface area contributed by atoms with E-state index in [1.807, 2.05) is 0 Å². The summed E-state index contributed by atoms with van der Waals surface area (Å²) in [5, 5.41) is 4.59. The maximum Gasteiger partial charge on any atom is 0.0954 e. The van der Waals surface area contributed by atoms with Gasteiger partial charge in [-0.1, -0.05) is 13.8 Å². The summed E-state index contributed by atoms with van der Waals surface area (Å²) < 4.78 is 5.04. The minimum atomic E-state index is 0.522. The third-order valence-electron chi connectivity index (χ3n) is 2.13. The van der Waals surface area contributed by atoms with Crippen LogP contribution in [0.15, 0.2) is 0 Å². The van der Waals surface area contributed by atoms with Gasteiger partial charge < -0.3 is 10.1 Å². The van der Waals surface area contributed by atoms with Crippen LogP contribution in [0.4, 0.5) is 0 Å². The fraction of sp³-hybridized carbons (Fsp3) is 0.727. The van der Waals surface area contributed by atoms with Gasteiger partial charge >= 0.3 is 0 Å². The van der Waals surface area contributed by atoms with Crippen molar-refractivity contribution >= 4 is 11.3 Å². The normalized spacial score (nSPS) is 11.3. The van der Waals surface area contributed by atoms with Crippen LogP contribution in [0.3, 0.4) is 0 Å². The largest absolute Gasteiger partial charge is 0.384 e. The van der Waals surface area contributed by atoms with Crippen molar-refractivity contribution in [3.63, 3.8) is 0 Å². The van der Waals surface area contributed by atoms with E-state index in [9.17, 15) is 0 Å². The first kappa shape index (κ1) is 12.6. The third-order valence-corrected chi connectivity index (χ3v) is 3.35. The Morgan fingerprint density at radius 1 is 1.47 bits per heavy atom. The number of rotatable bonds is 6. The lowest BCUT2D eigenvalue weighted by Gasteiger charge is -2.05. The molecule has 0 bridgehead atoms. The molecule has 4 heteroatoms. The Morgan fingerprint density at radius 3 is 2.80 bits per heavy atom. The van der Waals surface area contributed by atoms with Crippen LogP contribution in [0.5, 0.6) is 0 Å². The Balaban J connectivity index is 2.52. The zero-order valence-corrected chi connectivity index (χ0v) is 10.8. The predicted molar refractivity (Wildman–Crippen MR) is 64.4 cm³/mol. The van der Waals surface area contributed by atoms with E-state index < -0.39 is 0 Å². The molecule has 86 valence electrons. The Labute approximate surface area is 95.9 Å². The molecule has 0 aliphatic carbocycles. The van der Waals surface area contributed by atoms with Gasteiger partial charge in [0, 0.05) is 31.0 Å². The molecule has 3 nitrogen and oxygen atoms in total. The number of hydrogen-bond acceptors (Lipinski definition) is 4. The van der Waals surface area contributed by atoms with E-state index in [0.717, 1.165) is 25.3 Å². The number of ether oxygens (including phenoxy) is 1. The summed E-state index contributed by atoms with van der Waals surface area (Å²) in [6.45, 7) is 8.06. The van der Waals surface area contributed by atoms with Crippen LogP contribution in [0.1, 0.15) is 29.4 Å². The lowest BCUT2D eigenvalue weighted by Crippen LogP contribution is -2.21. The lowest BCUT2D eigenvalue weighted by molar-refractivity contribution is 0.202. The molecule has 0 saturated carbocycles. The Morgan fingerprint density at radius 2 is 2.20 bits per heavy atom. The molecule has 0 atom stereocenters. The van der Waals surface area contributed by atoms with Crippen molar-refractivity contribution in [1.29, 1.82) is 0 Å². The number of thiazole rings is 1. The summed E-state index contributed by atoms with van der Waals surface area (Å²) in [5.74, 6) is 0. The van der Waals surface area contributed by atoms with Gasteiger partial charge in [-0.05, 0) is 6.92 Å². The molecule has 0 unspecified atom stereocenters. The first-order valence-corrected chi connectivity index (χ1v) is 6.12. The highest BCUT2D eigenvalue weighted by Crippen LogP contribution is 2.18. The fourth-order valence-electron chi connectivity index (χ4n) is 1.25. The summed E-state index contributed by atoms with van der Waals surface area (Å²) in [6, 6.07) is 0.522. The molecule has 1 aromatic rings. The molecule has 1 heterocycles. The molecular formula is C11H20N2OS. The maximum atomic E-state index is 5.04. The van der Waals surface area contributed by atoms with Crippen LogP contribution in [0.25, 0.3) is 0 Å². The van der Waals surface area contributed by atoms with Crippen LogP contribution >= 0.6 is 11.3 Å². The molecule has 1 N–H and O–H groups in total. The van der Waals surface area contributed by atoms with Crippen molar-refractivity contribution in [3.8, 4) is 0 Å². The molecule has 0 radical (unpaired) electrons. The molecule has 0 saturated heterocycles. The number of nitrogens with zero attached hydrogens (tertiary/aromatic N) is 1. The van der Waals surface area contributed by atoms with Crippen molar-refractivity contribution in [2.45, 2.75) is 39.8 Å². The molecular weight excluding hydrogens is 208 g/mol. The average Bonchev–Trinajstić information content (AvgIpc) is 2.53. The maximum absolute atomic E-state index is 5.04. The Hall–Kier alpha value is -0.450. The van der Waals surface area contributed by atoms with E-state index in [1.165, 1.54) is 9.88 Å². The van der Waals surface area contributed by atoms with E-state index in [4.69, 9.17) is 4.74 Å². The van der Waals surface area contributed by atoms with Crippen LogP contribution < -0.4 is 5.32 Å². The van der Waals surface area contributed by atoms with Gasteiger partial charge in [-0.15, -0.1) is 11.3 Å². The van der Waals surface area contributed by atoms with Gasteiger partial charge in [-0.3, -0.25) is 0 Å². The van der Waals surface area contributed by atoms with Crippen LogP contribution in [0.2, 0.25) is 0 Å². The second-order valence-corrected chi connectivity index (χ2v) is 5.06. The minimum Gasteiger partial charge on any atom is -0.384 e. The van der Waals surface area contributed by atoms with E-state index in [-0.39, 0.29) is 0 Å². The highest BCUT2D eigenvalue weighted by Gasteiger charge is 2.07. The quantitative estimate of drug-likeness (QED) is 0.810. The fourth-order valence-corrected chi connectivity index (χ4v) is 2.25. The van der Waals surface area contributed by atoms with E-state index in [0.29, 0.717) is 6.04 Å². The van der Waals surface area contributed by atoms with Crippen molar-refractivity contribution in [2.75, 3.05) is 13.7 Å². The summed E-state index contributed by atoms with van der Waals surface area (Å²) in [7, 11) is 1.72. The highest BCUT2D eigenvalue weighted by molar-refractivity contribution is 7.11. The summed E-state index contributed by atoms with van der Waals surface area (Å²) in [4.78, 5) is 5.87. The lowest BCUT2D eigenvalue weighted by atomic mass is 10.3. The zero-order chi connectivity index (χ0) is 11.3. The monoisotopic (exact) mass is 228 g/mol. The topological polar surface area (TPSA) is 34.1 Å². The molecule has 0 aliphatic heterocycles. The zero-order valence-electron chi connectivity index (χ0n) is 9.96. The van der Waals surface area contributed by atoms with E-state index >= 15 is 0 Å². The Kier molecular flexibility index (Phi) is 5.22. The van der Waals surface area contributed by atoms with Crippen molar-refractivity contribution in [1.82, 2.24) is 10.3 Å². The average molecular weight is 228 g/mol. The molecule has 15 heavy (non-hydrogen) atoms. The molecule has 0 aromatic carbocycles. The van der Waals surface area contributed by atoms with Crippen molar-refractivity contribution in [3.05, 3.63) is 15.6 Å².